The SMILES string of the molecule is C=C[C@H](Cn1c(Br)c(-c2ccc(Oc3ccccc3)cc2)c2c(N)ncnc21)CC(C)(C)OC(N)=O. The van der Waals surface area contributed by atoms with Crippen LogP contribution in [0.2, 0.25) is 0 Å². The number of allylic oxidation sites excluding steroid dienone is 1. The van der Waals surface area contributed by atoms with Crippen molar-refractivity contribution in [1.29, 1.82) is 0 Å². The molecule has 0 unspecified atom stereocenters. The first-order chi connectivity index (χ1) is 17.2. The summed E-state index contributed by atoms with van der Waals surface area (Å²) in [4.78, 5) is 20.1. The molecular formula is C27H28BrN5O3. The third-order valence-corrected chi connectivity index (χ3v) is 6.63. The Balaban J connectivity index is 1.69. The molecule has 9 heteroatoms. The predicted molar refractivity (Wildman–Crippen MR) is 145 cm³/mol. The van der Waals surface area contributed by atoms with E-state index < -0.39 is 11.7 Å². The van der Waals surface area contributed by atoms with Gasteiger partial charge in [0.2, 0.25) is 0 Å². The van der Waals surface area contributed by atoms with E-state index in [1.54, 1.807) is 0 Å². The van der Waals surface area contributed by atoms with Crippen LogP contribution in [0.4, 0.5) is 10.6 Å². The highest BCUT2D eigenvalue weighted by atomic mass is 79.9. The molecule has 0 fully saturated rings. The number of nitrogen functional groups attached to an aromatic ring is 1. The van der Waals surface area contributed by atoms with Crippen LogP contribution in [0, 0.1) is 5.92 Å². The van der Waals surface area contributed by atoms with Crippen LogP contribution < -0.4 is 16.2 Å². The highest BCUT2D eigenvalue weighted by Gasteiger charge is 2.28. The fourth-order valence-corrected chi connectivity index (χ4v) is 5.05. The quantitative estimate of drug-likeness (QED) is 0.236. The minimum atomic E-state index is -0.808. The van der Waals surface area contributed by atoms with E-state index in [1.807, 2.05) is 79.1 Å². The average molecular weight is 550 g/mol. The second-order valence-electron chi connectivity index (χ2n) is 9.05. The van der Waals surface area contributed by atoms with Gasteiger partial charge in [-0.05, 0) is 71.9 Å². The smallest absolute Gasteiger partial charge is 0.405 e. The van der Waals surface area contributed by atoms with Crippen molar-refractivity contribution in [2.75, 3.05) is 5.73 Å². The Hall–Kier alpha value is -3.85. The predicted octanol–water partition coefficient (Wildman–Crippen LogP) is 6.30. The lowest BCUT2D eigenvalue weighted by Gasteiger charge is -2.28. The molecule has 0 radical (unpaired) electrons. The number of halogens is 1. The van der Waals surface area contributed by atoms with Crippen molar-refractivity contribution < 1.29 is 14.3 Å². The first-order valence-electron chi connectivity index (χ1n) is 11.4. The number of fused-ring (bicyclic) bond motifs is 1. The number of rotatable bonds is 9. The van der Waals surface area contributed by atoms with Gasteiger partial charge in [0, 0.05) is 12.1 Å². The average Bonchev–Trinajstić information content (AvgIpc) is 3.11. The maximum absolute atomic E-state index is 11.3. The Bertz CT molecular complexity index is 1380. The van der Waals surface area contributed by atoms with Gasteiger partial charge in [-0.1, -0.05) is 36.4 Å². The van der Waals surface area contributed by atoms with Gasteiger partial charge < -0.3 is 25.5 Å². The summed E-state index contributed by atoms with van der Waals surface area (Å²) in [7, 11) is 0. The summed E-state index contributed by atoms with van der Waals surface area (Å²) < 4.78 is 14.1. The molecule has 0 aliphatic rings. The lowest BCUT2D eigenvalue weighted by atomic mass is 9.93. The topological polar surface area (TPSA) is 118 Å². The van der Waals surface area contributed by atoms with E-state index >= 15 is 0 Å². The summed E-state index contributed by atoms with van der Waals surface area (Å²) in [5.41, 5.74) is 13.3. The lowest BCUT2D eigenvalue weighted by Crippen LogP contribution is -2.33. The van der Waals surface area contributed by atoms with Crippen LogP contribution in [0.5, 0.6) is 11.5 Å². The van der Waals surface area contributed by atoms with Gasteiger partial charge in [-0.3, -0.25) is 0 Å². The molecule has 2 aromatic carbocycles. The van der Waals surface area contributed by atoms with Gasteiger partial charge in [-0.25, -0.2) is 14.8 Å². The molecule has 2 aromatic heterocycles. The Kier molecular flexibility index (Phi) is 7.30. The monoisotopic (exact) mass is 549 g/mol. The number of amides is 1. The molecule has 0 saturated heterocycles. The van der Waals surface area contributed by atoms with E-state index in [0.29, 0.717) is 24.4 Å². The lowest BCUT2D eigenvalue weighted by molar-refractivity contribution is 0.0296. The summed E-state index contributed by atoms with van der Waals surface area (Å²) in [6.45, 7) is 8.15. The van der Waals surface area contributed by atoms with Crippen LogP contribution >= 0.6 is 15.9 Å². The Labute approximate surface area is 218 Å². The number of ether oxygens (including phenoxy) is 2. The van der Waals surface area contributed by atoms with Crippen LogP contribution in [0.1, 0.15) is 20.3 Å². The first kappa shape index (κ1) is 25.2. The maximum Gasteiger partial charge on any atom is 0.405 e. The Morgan fingerprint density at radius 1 is 1.14 bits per heavy atom. The van der Waals surface area contributed by atoms with E-state index in [-0.39, 0.29) is 5.92 Å². The van der Waals surface area contributed by atoms with Crippen LogP contribution in [0.3, 0.4) is 0 Å². The zero-order valence-corrected chi connectivity index (χ0v) is 21.7. The molecular weight excluding hydrogens is 522 g/mol. The Morgan fingerprint density at radius 2 is 1.81 bits per heavy atom. The fourth-order valence-electron chi connectivity index (χ4n) is 4.31. The van der Waals surface area contributed by atoms with Crippen molar-refractivity contribution in [1.82, 2.24) is 14.5 Å². The largest absolute Gasteiger partial charge is 0.457 e. The molecule has 4 rings (SSSR count). The van der Waals surface area contributed by atoms with Gasteiger partial charge in [0.1, 0.15) is 34.9 Å². The summed E-state index contributed by atoms with van der Waals surface area (Å²) >= 11 is 3.78. The van der Waals surface area contributed by atoms with E-state index in [9.17, 15) is 4.79 Å². The number of hydrogen-bond acceptors (Lipinski definition) is 6. The number of hydrogen-bond donors (Lipinski definition) is 2. The van der Waals surface area contributed by atoms with Gasteiger partial charge in [0.15, 0.2) is 0 Å². The highest BCUT2D eigenvalue weighted by molar-refractivity contribution is 9.10. The second-order valence-corrected chi connectivity index (χ2v) is 9.81. The molecule has 0 saturated carbocycles. The molecule has 1 amide bonds. The number of nitrogens with zero attached hydrogens (tertiary/aromatic N) is 3. The number of nitrogens with two attached hydrogens (primary N) is 2. The number of aromatic nitrogens is 3. The summed E-state index contributed by atoms with van der Waals surface area (Å²) in [6.07, 6.45) is 3.00. The molecule has 2 heterocycles. The first-order valence-corrected chi connectivity index (χ1v) is 12.2. The van der Waals surface area contributed by atoms with E-state index in [0.717, 1.165) is 32.6 Å². The number of para-hydroxylation sites is 1. The number of primary amides is 1. The summed E-state index contributed by atoms with van der Waals surface area (Å²) in [6, 6.07) is 17.4. The van der Waals surface area contributed by atoms with Gasteiger partial charge in [0.25, 0.3) is 0 Å². The minimum absolute atomic E-state index is 0.0445. The molecule has 4 N–H and O–H groups in total. The number of anilines is 1. The normalized spacial score (nSPS) is 12.3. The van der Waals surface area contributed by atoms with Crippen molar-refractivity contribution in [3.05, 3.63) is 78.2 Å². The van der Waals surface area contributed by atoms with Crippen LogP contribution in [-0.4, -0.2) is 26.2 Å². The minimum Gasteiger partial charge on any atom is -0.457 e. The van der Waals surface area contributed by atoms with E-state index in [4.69, 9.17) is 20.9 Å². The van der Waals surface area contributed by atoms with Crippen molar-refractivity contribution >= 4 is 38.9 Å². The zero-order valence-electron chi connectivity index (χ0n) is 20.1. The van der Waals surface area contributed by atoms with Gasteiger partial charge in [-0.2, -0.15) is 0 Å². The molecule has 8 nitrogen and oxygen atoms in total. The van der Waals surface area contributed by atoms with Crippen LogP contribution in [0.15, 0.2) is 78.2 Å². The third-order valence-electron chi connectivity index (χ3n) is 5.81. The number of benzene rings is 2. The Morgan fingerprint density at radius 3 is 2.44 bits per heavy atom. The molecule has 0 spiro atoms. The van der Waals surface area contributed by atoms with Crippen LogP contribution in [-0.2, 0) is 11.3 Å². The third kappa shape index (κ3) is 5.52. The zero-order chi connectivity index (χ0) is 25.9. The van der Waals surface area contributed by atoms with E-state index in [2.05, 4.69) is 32.5 Å². The maximum atomic E-state index is 11.3. The standard InChI is InChI=1S/C27H28BrN5O3/c1-4-17(14-27(2,3)36-26(30)34)15-33-23(28)21(22-24(29)31-16-32-25(22)33)18-10-12-20(13-11-18)35-19-8-6-5-7-9-19/h4-13,16-17H,1,14-15H2,2-3H3,(H2,30,34)(H2,29,31,32)/t17-/m0/s1. The summed E-state index contributed by atoms with van der Waals surface area (Å²) in [5.74, 6) is 1.82. The van der Waals surface area contributed by atoms with Crippen LogP contribution in [0.25, 0.3) is 22.2 Å². The molecule has 0 aliphatic carbocycles. The number of carbonyl (C=O) groups is 1. The van der Waals surface area contributed by atoms with Crippen molar-refractivity contribution in [3.8, 4) is 22.6 Å². The molecule has 0 bridgehead atoms. The molecule has 4 aromatic rings. The molecule has 36 heavy (non-hydrogen) atoms. The van der Waals surface area contributed by atoms with Gasteiger partial charge in [-0.15, -0.1) is 6.58 Å². The van der Waals surface area contributed by atoms with Crippen molar-refractivity contribution in [2.24, 2.45) is 11.7 Å². The fraction of sp³-hybridized carbons (Fsp3) is 0.222. The molecule has 1 atom stereocenters. The second kappa shape index (κ2) is 10.4. The van der Waals surface area contributed by atoms with Crippen molar-refractivity contribution in [2.45, 2.75) is 32.4 Å². The van der Waals surface area contributed by atoms with Crippen molar-refractivity contribution in [3.63, 3.8) is 0 Å². The number of carbonyl (C=O) groups excluding carboxylic acids is 1. The van der Waals surface area contributed by atoms with E-state index in [1.165, 1.54) is 6.33 Å². The molecule has 186 valence electrons. The summed E-state index contributed by atoms with van der Waals surface area (Å²) in [5, 5.41) is 0.747. The molecule has 0 aliphatic heterocycles. The highest BCUT2D eigenvalue weighted by Crippen LogP contribution is 2.41. The van der Waals surface area contributed by atoms with Gasteiger partial charge >= 0.3 is 6.09 Å². The van der Waals surface area contributed by atoms with Gasteiger partial charge in [0.05, 0.1) is 9.99 Å².